The van der Waals surface area contributed by atoms with Gasteiger partial charge in [-0.25, -0.2) is 0 Å². The first kappa shape index (κ1) is 6.89. The number of hydrogen-bond donors (Lipinski definition) is 1. The summed E-state index contributed by atoms with van der Waals surface area (Å²) in [6, 6.07) is 3.10. The lowest BCUT2D eigenvalue weighted by atomic mass is 9.87. The van der Waals surface area contributed by atoms with Gasteiger partial charge in [-0.15, -0.1) is 0 Å². The van der Waals surface area contributed by atoms with Gasteiger partial charge in [0.2, 0.25) is 0 Å². The van der Waals surface area contributed by atoms with Gasteiger partial charge in [0.1, 0.15) is 5.66 Å². The molecule has 0 amide bonds. The Kier molecular flexibility index (Phi) is 2.12. The standard InChI is InChI=1S/C5H5BO4/c7-4-10-6(8)5-2-1-3-9-5/h1-4,8H. The van der Waals surface area contributed by atoms with Crippen molar-refractivity contribution in [2.24, 2.45) is 0 Å². The molecule has 5 heteroatoms. The Bertz CT molecular complexity index is 195. The number of furan rings is 1. The van der Waals surface area contributed by atoms with E-state index in [2.05, 4.69) is 4.65 Å². The summed E-state index contributed by atoms with van der Waals surface area (Å²) in [4.78, 5) is 9.69. The fraction of sp³-hybridized carbons (Fsp3) is 0. The quantitative estimate of drug-likeness (QED) is 0.438. The molecule has 52 valence electrons. The van der Waals surface area contributed by atoms with Crippen LogP contribution in [0.5, 0.6) is 0 Å². The molecule has 1 rings (SSSR count). The Labute approximate surface area is 57.6 Å². The summed E-state index contributed by atoms with van der Waals surface area (Å²) < 4.78 is 8.88. The van der Waals surface area contributed by atoms with Gasteiger partial charge in [0.05, 0.1) is 6.26 Å². The zero-order valence-corrected chi connectivity index (χ0v) is 5.06. The van der Waals surface area contributed by atoms with Gasteiger partial charge in [-0.05, 0) is 12.1 Å². The van der Waals surface area contributed by atoms with E-state index in [-0.39, 0.29) is 12.1 Å². The van der Waals surface area contributed by atoms with E-state index in [4.69, 9.17) is 9.44 Å². The van der Waals surface area contributed by atoms with Crippen molar-refractivity contribution in [1.82, 2.24) is 0 Å². The van der Waals surface area contributed by atoms with Crippen molar-refractivity contribution in [2.45, 2.75) is 0 Å². The summed E-state index contributed by atoms with van der Waals surface area (Å²) in [6.07, 6.45) is 1.38. The highest BCUT2D eigenvalue weighted by atomic mass is 16.6. The topological polar surface area (TPSA) is 59.7 Å². The second-order valence-electron chi connectivity index (χ2n) is 1.60. The molecule has 0 aliphatic rings. The third-order valence-corrected chi connectivity index (χ3v) is 0.971. The molecule has 0 bridgehead atoms. The van der Waals surface area contributed by atoms with Crippen LogP contribution in [0.1, 0.15) is 0 Å². The summed E-state index contributed by atoms with van der Waals surface area (Å²) in [5, 5.41) is 8.86. The van der Waals surface area contributed by atoms with Gasteiger partial charge in [0.15, 0.2) is 0 Å². The molecule has 1 N–H and O–H groups in total. The van der Waals surface area contributed by atoms with E-state index >= 15 is 0 Å². The van der Waals surface area contributed by atoms with Gasteiger partial charge >= 0.3 is 7.12 Å². The minimum absolute atomic E-state index is 0.160. The van der Waals surface area contributed by atoms with Crippen LogP contribution in [0.3, 0.4) is 0 Å². The van der Waals surface area contributed by atoms with Gasteiger partial charge in [-0.2, -0.15) is 0 Å². The summed E-state index contributed by atoms with van der Waals surface area (Å²) in [7, 11) is -1.28. The molecular formula is C5H5BO4. The monoisotopic (exact) mass is 140 g/mol. The Morgan fingerprint density at radius 3 is 3.10 bits per heavy atom. The first-order valence-electron chi connectivity index (χ1n) is 2.65. The summed E-state index contributed by atoms with van der Waals surface area (Å²) in [5.74, 6) is 0. The molecule has 0 unspecified atom stereocenters. The first-order chi connectivity index (χ1) is 4.84. The Morgan fingerprint density at radius 2 is 2.60 bits per heavy atom. The average molecular weight is 140 g/mol. The lowest BCUT2D eigenvalue weighted by Crippen LogP contribution is -2.31. The van der Waals surface area contributed by atoms with Crippen LogP contribution in [-0.2, 0) is 9.45 Å². The molecular weight excluding hydrogens is 135 g/mol. The number of carbonyl (C=O) groups excluding carboxylic acids is 1. The normalized spacial score (nSPS) is 8.90. The van der Waals surface area contributed by atoms with Crippen LogP contribution in [-0.4, -0.2) is 18.6 Å². The molecule has 0 spiro atoms. The van der Waals surface area contributed by atoms with Gasteiger partial charge in [-0.3, -0.25) is 4.79 Å². The van der Waals surface area contributed by atoms with Crippen LogP contribution in [0.15, 0.2) is 22.8 Å². The van der Waals surface area contributed by atoms with Crippen molar-refractivity contribution >= 4 is 19.3 Å². The van der Waals surface area contributed by atoms with Crippen LogP contribution in [0, 0.1) is 0 Å². The highest BCUT2D eigenvalue weighted by Gasteiger charge is 2.20. The zero-order valence-electron chi connectivity index (χ0n) is 5.06. The number of carbonyl (C=O) groups is 1. The Hall–Kier alpha value is -1.23. The molecule has 0 fully saturated rings. The van der Waals surface area contributed by atoms with Crippen LogP contribution in [0.25, 0.3) is 0 Å². The predicted molar refractivity (Wildman–Crippen MR) is 33.5 cm³/mol. The second kappa shape index (κ2) is 3.07. The molecule has 1 aromatic heterocycles. The van der Waals surface area contributed by atoms with Crippen molar-refractivity contribution in [3.63, 3.8) is 0 Å². The fourth-order valence-electron chi connectivity index (χ4n) is 0.551. The van der Waals surface area contributed by atoms with Gasteiger partial charge in [0.25, 0.3) is 6.47 Å². The lowest BCUT2D eigenvalue weighted by Gasteiger charge is -1.96. The highest BCUT2D eigenvalue weighted by Crippen LogP contribution is 1.85. The SMILES string of the molecule is O=COB(O)c1ccco1. The molecule has 0 radical (unpaired) electrons. The largest absolute Gasteiger partial charge is 0.599 e. The maximum Gasteiger partial charge on any atom is 0.599 e. The van der Waals surface area contributed by atoms with Crippen LogP contribution in [0.2, 0.25) is 0 Å². The minimum Gasteiger partial charge on any atom is -0.506 e. The third kappa shape index (κ3) is 1.38. The van der Waals surface area contributed by atoms with Crippen molar-refractivity contribution in [3.05, 3.63) is 18.4 Å². The molecule has 0 saturated heterocycles. The molecule has 0 aliphatic carbocycles. The van der Waals surface area contributed by atoms with E-state index in [1.54, 1.807) is 6.07 Å². The van der Waals surface area contributed by atoms with Crippen molar-refractivity contribution in [1.29, 1.82) is 0 Å². The highest BCUT2D eigenvalue weighted by molar-refractivity contribution is 6.59. The van der Waals surface area contributed by atoms with Crippen LogP contribution < -0.4 is 5.66 Å². The van der Waals surface area contributed by atoms with E-state index in [0.29, 0.717) is 0 Å². The molecule has 0 atom stereocenters. The predicted octanol–water partition coefficient (Wildman–Crippen LogP) is -0.860. The second-order valence-corrected chi connectivity index (χ2v) is 1.60. The maximum atomic E-state index is 9.69. The summed E-state index contributed by atoms with van der Waals surface area (Å²) in [6.45, 7) is 0.160. The average Bonchev–Trinajstić information content (AvgIpc) is 2.38. The fourth-order valence-corrected chi connectivity index (χ4v) is 0.551. The van der Waals surface area contributed by atoms with Crippen molar-refractivity contribution < 1.29 is 18.9 Å². The van der Waals surface area contributed by atoms with Gasteiger partial charge in [0, 0.05) is 0 Å². The first-order valence-corrected chi connectivity index (χ1v) is 2.65. The van der Waals surface area contributed by atoms with E-state index in [1.807, 2.05) is 0 Å². The molecule has 10 heavy (non-hydrogen) atoms. The summed E-state index contributed by atoms with van der Waals surface area (Å²) in [5.41, 5.74) is 0.215. The van der Waals surface area contributed by atoms with Gasteiger partial charge < -0.3 is 14.1 Å². The van der Waals surface area contributed by atoms with E-state index in [9.17, 15) is 4.79 Å². The van der Waals surface area contributed by atoms with Crippen LogP contribution >= 0.6 is 0 Å². The third-order valence-electron chi connectivity index (χ3n) is 0.971. The Morgan fingerprint density at radius 1 is 1.80 bits per heavy atom. The van der Waals surface area contributed by atoms with E-state index in [1.165, 1.54) is 12.3 Å². The summed E-state index contributed by atoms with van der Waals surface area (Å²) >= 11 is 0. The van der Waals surface area contributed by atoms with Crippen LogP contribution in [0.4, 0.5) is 0 Å². The minimum atomic E-state index is -1.28. The van der Waals surface area contributed by atoms with Crippen molar-refractivity contribution in [3.8, 4) is 0 Å². The van der Waals surface area contributed by atoms with E-state index < -0.39 is 7.12 Å². The number of rotatable bonds is 3. The molecule has 0 aromatic carbocycles. The zero-order chi connectivity index (χ0) is 7.40. The molecule has 1 heterocycles. The van der Waals surface area contributed by atoms with Crippen molar-refractivity contribution in [2.75, 3.05) is 0 Å². The lowest BCUT2D eigenvalue weighted by molar-refractivity contribution is -0.121. The smallest absolute Gasteiger partial charge is 0.506 e. The van der Waals surface area contributed by atoms with Gasteiger partial charge in [-0.1, -0.05) is 0 Å². The van der Waals surface area contributed by atoms with E-state index in [0.717, 1.165) is 0 Å². The Balaban J connectivity index is 2.58. The molecule has 4 nitrogen and oxygen atoms in total. The molecule has 1 aromatic rings. The number of hydrogen-bond acceptors (Lipinski definition) is 4. The molecule has 0 aliphatic heterocycles. The molecule has 0 saturated carbocycles. The maximum absolute atomic E-state index is 9.69.